The van der Waals surface area contributed by atoms with Gasteiger partial charge in [-0.1, -0.05) is 36.9 Å². The Kier molecular flexibility index (Phi) is 7.29. The van der Waals surface area contributed by atoms with Gasteiger partial charge < -0.3 is 4.74 Å². The van der Waals surface area contributed by atoms with Gasteiger partial charge in [0, 0.05) is 18.9 Å². The van der Waals surface area contributed by atoms with Gasteiger partial charge in [-0.2, -0.15) is 0 Å². The van der Waals surface area contributed by atoms with E-state index in [-0.39, 0.29) is 5.91 Å². The van der Waals surface area contributed by atoms with Crippen molar-refractivity contribution in [1.82, 2.24) is 15.1 Å². The molecule has 108 valence electrons. The molecule has 1 aromatic heterocycles. The number of likely N-dealkylation sites (N-methyl/N-ethyl adjacent to an activating group) is 1. The highest BCUT2D eigenvalue weighted by Gasteiger charge is 2.11. The van der Waals surface area contributed by atoms with Crippen LogP contribution in [0.4, 0.5) is 5.13 Å². The molecule has 0 saturated carbocycles. The molecule has 0 aliphatic rings. The van der Waals surface area contributed by atoms with Crippen molar-refractivity contribution in [3.05, 3.63) is 0 Å². The van der Waals surface area contributed by atoms with E-state index < -0.39 is 0 Å². The number of hydrogen-bond donors (Lipinski definition) is 1. The third-order valence-electron chi connectivity index (χ3n) is 2.08. The van der Waals surface area contributed by atoms with Crippen LogP contribution in [0.2, 0.25) is 0 Å². The first-order valence-electron chi connectivity index (χ1n) is 5.98. The van der Waals surface area contributed by atoms with Crippen LogP contribution in [-0.2, 0) is 9.53 Å². The molecule has 0 atom stereocenters. The van der Waals surface area contributed by atoms with E-state index in [1.54, 1.807) is 18.9 Å². The fourth-order valence-corrected chi connectivity index (χ4v) is 3.23. The average Bonchev–Trinajstić information content (AvgIpc) is 2.72. The maximum absolute atomic E-state index is 11.8. The van der Waals surface area contributed by atoms with Crippen molar-refractivity contribution < 1.29 is 9.53 Å². The number of carbonyl (C=O) groups is 1. The summed E-state index contributed by atoms with van der Waals surface area (Å²) in [6.45, 7) is 5.83. The van der Waals surface area contributed by atoms with Gasteiger partial charge in [-0.15, -0.1) is 10.2 Å². The summed E-state index contributed by atoms with van der Waals surface area (Å²) in [5.41, 5.74) is 0. The van der Waals surface area contributed by atoms with Crippen LogP contribution in [-0.4, -0.2) is 60.1 Å². The van der Waals surface area contributed by atoms with Crippen molar-refractivity contribution in [2.75, 3.05) is 39.2 Å². The smallest absolute Gasteiger partial charge is 0.240 e. The molecule has 19 heavy (non-hydrogen) atoms. The lowest BCUT2D eigenvalue weighted by atomic mass is 10.5. The third kappa shape index (κ3) is 6.86. The molecular weight excluding hydrogens is 284 g/mol. The lowest BCUT2D eigenvalue weighted by molar-refractivity contribution is -0.117. The number of aromatic nitrogens is 2. The van der Waals surface area contributed by atoms with Crippen LogP contribution in [0.15, 0.2) is 4.34 Å². The van der Waals surface area contributed by atoms with Crippen LogP contribution in [0, 0.1) is 0 Å². The Hall–Kier alpha value is -0.700. The Morgan fingerprint density at radius 2 is 2.26 bits per heavy atom. The summed E-state index contributed by atoms with van der Waals surface area (Å²) in [6.07, 6.45) is 0. The number of hydrogen-bond acceptors (Lipinski definition) is 7. The van der Waals surface area contributed by atoms with E-state index in [1.807, 2.05) is 11.9 Å². The van der Waals surface area contributed by atoms with Crippen LogP contribution in [0.3, 0.4) is 0 Å². The molecule has 0 unspecified atom stereocenters. The van der Waals surface area contributed by atoms with Crippen molar-refractivity contribution in [3.8, 4) is 0 Å². The highest BCUT2D eigenvalue weighted by molar-refractivity contribution is 8.01. The first kappa shape index (κ1) is 16.4. The molecule has 1 aromatic rings. The number of anilines is 1. The SMILES string of the molecule is COCCN(C)CC(=O)Nc1nnc(SC(C)C)s1. The standard InChI is InChI=1S/C11H20N4O2S2/c1-8(2)18-11-14-13-10(19-11)12-9(16)7-15(3)5-6-17-4/h8H,5-7H2,1-4H3,(H,12,13,16). The fraction of sp³-hybridized carbons (Fsp3) is 0.727. The van der Waals surface area contributed by atoms with Crippen LogP contribution in [0.1, 0.15) is 13.8 Å². The van der Waals surface area contributed by atoms with Gasteiger partial charge in [0.05, 0.1) is 13.2 Å². The molecule has 1 amide bonds. The molecule has 8 heteroatoms. The molecule has 0 bridgehead atoms. The van der Waals surface area contributed by atoms with Crippen LogP contribution in [0.5, 0.6) is 0 Å². The van der Waals surface area contributed by atoms with E-state index in [4.69, 9.17) is 4.74 Å². The largest absolute Gasteiger partial charge is 0.383 e. The van der Waals surface area contributed by atoms with E-state index in [9.17, 15) is 4.79 Å². The Morgan fingerprint density at radius 1 is 1.53 bits per heavy atom. The maximum atomic E-state index is 11.8. The number of nitrogens with one attached hydrogen (secondary N) is 1. The monoisotopic (exact) mass is 304 g/mol. The van der Waals surface area contributed by atoms with Crippen molar-refractivity contribution >= 4 is 34.1 Å². The normalized spacial score (nSPS) is 11.3. The molecule has 0 aliphatic carbocycles. The zero-order valence-corrected chi connectivity index (χ0v) is 13.3. The van der Waals surface area contributed by atoms with Crippen molar-refractivity contribution in [2.24, 2.45) is 0 Å². The van der Waals surface area contributed by atoms with E-state index >= 15 is 0 Å². The summed E-state index contributed by atoms with van der Waals surface area (Å²) in [5.74, 6) is -0.0872. The molecule has 0 fully saturated rings. The fourth-order valence-electron chi connectivity index (χ4n) is 1.24. The minimum atomic E-state index is -0.0872. The van der Waals surface area contributed by atoms with Gasteiger partial charge in [-0.05, 0) is 7.05 Å². The average molecular weight is 304 g/mol. The molecule has 0 spiro atoms. The second-order valence-corrected chi connectivity index (χ2v) is 7.12. The quantitative estimate of drug-likeness (QED) is 0.581. The number of nitrogens with zero attached hydrogens (tertiary/aromatic N) is 3. The number of ether oxygens (including phenoxy) is 1. The van der Waals surface area contributed by atoms with Gasteiger partial charge >= 0.3 is 0 Å². The second kappa shape index (κ2) is 8.47. The molecule has 0 aromatic carbocycles. The first-order chi connectivity index (χ1) is 9.01. The van der Waals surface area contributed by atoms with Gasteiger partial charge in [0.1, 0.15) is 0 Å². The minimum absolute atomic E-state index is 0.0872. The van der Waals surface area contributed by atoms with E-state index in [0.717, 1.165) is 4.34 Å². The van der Waals surface area contributed by atoms with Crippen LogP contribution < -0.4 is 5.32 Å². The maximum Gasteiger partial charge on any atom is 0.240 e. The first-order valence-corrected chi connectivity index (χ1v) is 7.68. The number of amides is 1. The summed E-state index contributed by atoms with van der Waals surface area (Å²) in [7, 11) is 3.52. The lowest BCUT2D eigenvalue weighted by Gasteiger charge is -2.14. The molecule has 0 radical (unpaired) electrons. The van der Waals surface area contributed by atoms with Crippen LogP contribution >= 0.6 is 23.1 Å². The van der Waals surface area contributed by atoms with E-state index in [1.165, 1.54) is 11.3 Å². The summed E-state index contributed by atoms with van der Waals surface area (Å²) < 4.78 is 5.83. The molecule has 0 aliphatic heterocycles. The Bertz CT molecular complexity index is 398. The minimum Gasteiger partial charge on any atom is -0.383 e. The lowest BCUT2D eigenvalue weighted by Crippen LogP contribution is -2.32. The Balaban J connectivity index is 2.37. The predicted octanol–water partition coefficient (Wildman–Crippen LogP) is 1.56. The molecule has 1 rings (SSSR count). The summed E-state index contributed by atoms with van der Waals surface area (Å²) in [5, 5.41) is 11.7. The van der Waals surface area contributed by atoms with Gasteiger partial charge in [0.2, 0.25) is 11.0 Å². The van der Waals surface area contributed by atoms with Gasteiger partial charge in [0.25, 0.3) is 0 Å². The van der Waals surface area contributed by atoms with E-state index in [2.05, 4.69) is 29.4 Å². The summed E-state index contributed by atoms with van der Waals surface area (Å²) >= 11 is 3.04. The highest BCUT2D eigenvalue weighted by atomic mass is 32.2. The Labute approximate surface area is 121 Å². The van der Waals surface area contributed by atoms with Crippen molar-refractivity contribution in [2.45, 2.75) is 23.4 Å². The summed E-state index contributed by atoms with van der Waals surface area (Å²) in [4.78, 5) is 13.6. The number of carbonyl (C=O) groups excluding carboxylic acids is 1. The second-order valence-electron chi connectivity index (χ2n) is 4.32. The number of methoxy groups -OCH3 is 1. The zero-order chi connectivity index (χ0) is 14.3. The van der Waals surface area contributed by atoms with E-state index in [0.29, 0.717) is 30.1 Å². The molecule has 1 heterocycles. The molecular formula is C11H20N4O2S2. The molecule has 6 nitrogen and oxygen atoms in total. The van der Waals surface area contributed by atoms with Crippen molar-refractivity contribution in [3.63, 3.8) is 0 Å². The van der Waals surface area contributed by atoms with Gasteiger partial charge in [-0.25, -0.2) is 0 Å². The molecule has 0 saturated heterocycles. The van der Waals surface area contributed by atoms with Crippen molar-refractivity contribution in [1.29, 1.82) is 0 Å². The zero-order valence-electron chi connectivity index (χ0n) is 11.7. The van der Waals surface area contributed by atoms with Gasteiger partial charge in [0.15, 0.2) is 4.34 Å². The third-order valence-corrected chi connectivity index (χ3v) is 4.01. The number of thioether (sulfide) groups is 1. The highest BCUT2D eigenvalue weighted by Crippen LogP contribution is 2.28. The topological polar surface area (TPSA) is 67.3 Å². The van der Waals surface area contributed by atoms with Crippen LogP contribution in [0.25, 0.3) is 0 Å². The summed E-state index contributed by atoms with van der Waals surface area (Å²) in [6, 6.07) is 0. The molecule has 1 N–H and O–H groups in total. The predicted molar refractivity (Wildman–Crippen MR) is 78.9 cm³/mol. The van der Waals surface area contributed by atoms with Gasteiger partial charge in [-0.3, -0.25) is 15.0 Å². The number of rotatable bonds is 8. The Morgan fingerprint density at radius 3 is 2.89 bits per heavy atom.